The minimum absolute atomic E-state index is 0.0649. The molecule has 7 heteroatoms. The number of guanidine groups is 1. The molecule has 29 heavy (non-hydrogen) atoms. The van der Waals surface area contributed by atoms with Crippen molar-refractivity contribution in [3.05, 3.63) is 35.4 Å². The zero-order valence-corrected chi connectivity index (χ0v) is 18.2. The standard InChI is InChI=1S/C22H36N4O3/c1-22(2,3)26-20(27)18-9-5-8-17(14-18)15-25-21(23-4)24-11-7-12-28-16-19-10-6-13-29-19/h5,8-9,14,19H,6-7,10-13,15-16H2,1-4H3,(H,26,27)(H2,23,24,25). The molecule has 0 radical (unpaired) electrons. The van der Waals surface area contributed by atoms with Crippen LogP contribution in [0.1, 0.15) is 56.0 Å². The van der Waals surface area contributed by atoms with Crippen LogP contribution < -0.4 is 16.0 Å². The largest absolute Gasteiger partial charge is 0.379 e. The van der Waals surface area contributed by atoms with Crippen LogP contribution in [-0.4, -0.2) is 56.9 Å². The van der Waals surface area contributed by atoms with Gasteiger partial charge in [-0.2, -0.15) is 0 Å². The lowest BCUT2D eigenvalue weighted by Crippen LogP contribution is -2.40. The van der Waals surface area contributed by atoms with E-state index in [4.69, 9.17) is 9.47 Å². The summed E-state index contributed by atoms with van der Waals surface area (Å²) in [6.45, 7) is 9.53. The number of ether oxygens (including phenoxy) is 2. The molecule has 1 aromatic carbocycles. The molecule has 2 rings (SSSR count). The molecule has 1 heterocycles. The van der Waals surface area contributed by atoms with Crippen molar-refractivity contribution in [2.24, 2.45) is 4.99 Å². The van der Waals surface area contributed by atoms with E-state index in [0.717, 1.165) is 43.9 Å². The molecule has 7 nitrogen and oxygen atoms in total. The molecule has 1 saturated heterocycles. The Balaban J connectivity index is 1.67. The minimum atomic E-state index is -0.259. The van der Waals surface area contributed by atoms with Crippen molar-refractivity contribution < 1.29 is 14.3 Å². The van der Waals surface area contributed by atoms with Gasteiger partial charge in [-0.3, -0.25) is 9.79 Å². The van der Waals surface area contributed by atoms with Gasteiger partial charge in [0, 0.05) is 44.5 Å². The summed E-state index contributed by atoms with van der Waals surface area (Å²) in [5.74, 6) is 0.665. The SMILES string of the molecule is CN=C(NCCCOCC1CCCO1)NCc1cccc(C(=O)NC(C)(C)C)c1. The van der Waals surface area contributed by atoms with Gasteiger partial charge in [0.1, 0.15) is 0 Å². The summed E-state index contributed by atoms with van der Waals surface area (Å²) in [5.41, 5.74) is 1.42. The highest BCUT2D eigenvalue weighted by Crippen LogP contribution is 2.12. The molecule has 1 unspecified atom stereocenters. The number of benzene rings is 1. The summed E-state index contributed by atoms with van der Waals surface area (Å²) >= 11 is 0. The van der Waals surface area contributed by atoms with E-state index in [1.165, 1.54) is 0 Å². The summed E-state index contributed by atoms with van der Waals surface area (Å²) in [6.07, 6.45) is 3.42. The fourth-order valence-electron chi connectivity index (χ4n) is 3.01. The Morgan fingerprint density at radius 1 is 1.31 bits per heavy atom. The van der Waals surface area contributed by atoms with Gasteiger partial charge in [-0.05, 0) is 57.7 Å². The van der Waals surface area contributed by atoms with Gasteiger partial charge in [0.15, 0.2) is 5.96 Å². The lowest BCUT2D eigenvalue weighted by molar-refractivity contribution is 0.0168. The average molecular weight is 405 g/mol. The lowest BCUT2D eigenvalue weighted by Gasteiger charge is -2.20. The molecule has 0 aromatic heterocycles. The second-order valence-corrected chi connectivity index (χ2v) is 8.32. The van der Waals surface area contributed by atoms with Gasteiger partial charge in [-0.1, -0.05) is 12.1 Å². The molecule has 1 aromatic rings. The van der Waals surface area contributed by atoms with E-state index in [1.54, 1.807) is 7.05 Å². The average Bonchev–Trinajstić information content (AvgIpc) is 3.19. The second-order valence-electron chi connectivity index (χ2n) is 8.32. The third kappa shape index (κ3) is 9.28. The van der Waals surface area contributed by atoms with Crippen molar-refractivity contribution >= 4 is 11.9 Å². The summed E-state index contributed by atoms with van der Waals surface area (Å²) in [7, 11) is 1.75. The highest BCUT2D eigenvalue weighted by atomic mass is 16.5. The van der Waals surface area contributed by atoms with E-state index in [-0.39, 0.29) is 17.6 Å². The predicted molar refractivity (Wildman–Crippen MR) is 116 cm³/mol. The van der Waals surface area contributed by atoms with E-state index in [2.05, 4.69) is 20.9 Å². The monoisotopic (exact) mass is 404 g/mol. The van der Waals surface area contributed by atoms with Crippen molar-refractivity contribution in [2.75, 3.05) is 33.4 Å². The minimum Gasteiger partial charge on any atom is -0.379 e. The topological polar surface area (TPSA) is 84.0 Å². The Bertz CT molecular complexity index is 664. The Hall–Kier alpha value is -2.12. The van der Waals surface area contributed by atoms with Crippen LogP contribution in [0.25, 0.3) is 0 Å². The van der Waals surface area contributed by atoms with E-state index in [9.17, 15) is 4.79 Å². The molecular formula is C22H36N4O3. The molecule has 0 bridgehead atoms. The Morgan fingerprint density at radius 3 is 2.83 bits per heavy atom. The van der Waals surface area contributed by atoms with Crippen molar-refractivity contribution in [2.45, 2.75) is 58.2 Å². The summed E-state index contributed by atoms with van der Waals surface area (Å²) in [4.78, 5) is 16.6. The molecule has 1 fully saturated rings. The summed E-state index contributed by atoms with van der Waals surface area (Å²) in [5, 5.41) is 9.55. The molecule has 1 aliphatic heterocycles. The summed E-state index contributed by atoms with van der Waals surface area (Å²) in [6, 6.07) is 7.62. The second kappa shape index (κ2) is 11.8. The number of amides is 1. The Morgan fingerprint density at radius 2 is 2.14 bits per heavy atom. The van der Waals surface area contributed by atoms with Crippen LogP contribution in [0.3, 0.4) is 0 Å². The molecule has 0 aliphatic carbocycles. The van der Waals surface area contributed by atoms with Crippen LogP contribution in [0, 0.1) is 0 Å². The molecule has 3 N–H and O–H groups in total. The van der Waals surface area contributed by atoms with Crippen molar-refractivity contribution in [1.82, 2.24) is 16.0 Å². The fraction of sp³-hybridized carbons (Fsp3) is 0.636. The van der Waals surface area contributed by atoms with Crippen molar-refractivity contribution in [3.63, 3.8) is 0 Å². The number of hydrogen-bond acceptors (Lipinski definition) is 4. The maximum Gasteiger partial charge on any atom is 0.251 e. The van der Waals surface area contributed by atoms with Crippen LogP contribution in [-0.2, 0) is 16.0 Å². The van der Waals surface area contributed by atoms with E-state index in [0.29, 0.717) is 25.3 Å². The number of nitrogens with one attached hydrogen (secondary N) is 3. The molecular weight excluding hydrogens is 368 g/mol. The van der Waals surface area contributed by atoms with Crippen LogP contribution in [0.5, 0.6) is 0 Å². The van der Waals surface area contributed by atoms with E-state index < -0.39 is 0 Å². The molecule has 1 amide bonds. The van der Waals surface area contributed by atoms with Crippen LogP contribution in [0.4, 0.5) is 0 Å². The van der Waals surface area contributed by atoms with Crippen LogP contribution in [0.15, 0.2) is 29.3 Å². The van der Waals surface area contributed by atoms with Gasteiger partial charge in [0.05, 0.1) is 12.7 Å². The number of carbonyl (C=O) groups excluding carboxylic acids is 1. The first-order valence-corrected chi connectivity index (χ1v) is 10.4. The normalized spacial score (nSPS) is 17.2. The fourth-order valence-corrected chi connectivity index (χ4v) is 3.01. The van der Waals surface area contributed by atoms with Crippen molar-refractivity contribution in [3.8, 4) is 0 Å². The zero-order chi connectivity index (χ0) is 21.1. The first-order valence-electron chi connectivity index (χ1n) is 10.4. The Kier molecular flexibility index (Phi) is 9.41. The van der Waals surface area contributed by atoms with Gasteiger partial charge in [0.2, 0.25) is 0 Å². The third-order valence-electron chi connectivity index (χ3n) is 4.45. The number of rotatable bonds is 9. The predicted octanol–water partition coefficient (Wildman–Crippen LogP) is 2.47. The molecule has 1 atom stereocenters. The van der Waals surface area contributed by atoms with Gasteiger partial charge >= 0.3 is 0 Å². The number of aliphatic imine (C=N–C) groups is 1. The Labute approximate surface area is 174 Å². The highest BCUT2D eigenvalue weighted by Gasteiger charge is 2.16. The van der Waals surface area contributed by atoms with Gasteiger partial charge in [-0.15, -0.1) is 0 Å². The lowest BCUT2D eigenvalue weighted by atomic mass is 10.1. The summed E-state index contributed by atoms with van der Waals surface area (Å²) < 4.78 is 11.2. The van der Waals surface area contributed by atoms with Gasteiger partial charge in [-0.25, -0.2) is 0 Å². The maximum atomic E-state index is 12.3. The number of nitrogens with zero attached hydrogens (tertiary/aromatic N) is 1. The van der Waals surface area contributed by atoms with E-state index >= 15 is 0 Å². The number of hydrogen-bond donors (Lipinski definition) is 3. The van der Waals surface area contributed by atoms with Crippen LogP contribution >= 0.6 is 0 Å². The van der Waals surface area contributed by atoms with Crippen LogP contribution in [0.2, 0.25) is 0 Å². The first kappa shape index (κ1) is 23.2. The smallest absolute Gasteiger partial charge is 0.251 e. The third-order valence-corrected chi connectivity index (χ3v) is 4.45. The first-order chi connectivity index (χ1) is 13.9. The quantitative estimate of drug-likeness (QED) is 0.335. The van der Waals surface area contributed by atoms with E-state index in [1.807, 2.05) is 45.0 Å². The van der Waals surface area contributed by atoms with Crippen molar-refractivity contribution in [1.29, 1.82) is 0 Å². The molecule has 1 aliphatic rings. The van der Waals surface area contributed by atoms with Gasteiger partial charge < -0.3 is 25.4 Å². The highest BCUT2D eigenvalue weighted by molar-refractivity contribution is 5.94. The molecule has 162 valence electrons. The molecule has 0 saturated carbocycles. The molecule has 0 spiro atoms. The van der Waals surface area contributed by atoms with Gasteiger partial charge in [0.25, 0.3) is 5.91 Å². The number of carbonyl (C=O) groups is 1. The zero-order valence-electron chi connectivity index (χ0n) is 18.2. The maximum absolute atomic E-state index is 12.3.